The van der Waals surface area contributed by atoms with E-state index in [0.29, 0.717) is 17.6 Å². The molecule has 0 spiro atoms. The zero-order valence-electron chi connectivity index (χ0n) is 13.6. The maximum Gasteiger partial charge on any atom is 0.185 e. The Kier molecular flexibility index (Phi) is 4.26. The Hall–Kier alpha value is -0.650. The molecule has 5 heteroatoms. The Labute approximate surface area is 131 Å². The van der Waals surface area contributed by atoms with E-state index in [4.69, 9.17) is 9.72 Å². The van der Waals surface area contributed by atoms with Gasteiger partial charge in [-0.2, -0.15) is 0 Å². The summed E-state index contributed by atoms with van der Waals surface area (Å²) < 4.78 is 5.54. The second-order valence-electron chi connectivity index (χ2n) is 7.14. The number of hydrogen-bond acceptors (Lipinski definition) is 5. The molecular weight excluding hydrogens is 282 g/mol. The highest BCUT2D eigenvalue weighted by Gasteiger charge is 2.35. The summed E-state index contributed by atoms with van der Waals surface area (Å²) in [6.07, 6.45) is 5.02. The fraction of sp³-hybridized carbons (Fsp3) is 0.812. The second-order valence-corrected chi connectivity index (χ2v) is 8.15. The number of rotatable bonds is 3. The van der Waals surface area contributed by atoms with Gasteiger partial charge < -0.3 is 15.0 Å². The molecule has 0 radical (unpaired) electrons. The van der Waals surface area contributed by atoms with Crippen LogP contribution in [0.25, 0.3) is 0 Å². The Morgan fingerprint density at radius 1 is 1.43 bits per heavy atom. The van der Waals surface area contributed by atoms with Gasteiger partial charge in [0.05, 0.1) is 11.8 Å². The maximum absolute atomic E-state index is 5.54. The normalized spacial score (nSPS) is 28.5. The lowest BCUT2D eigenvalue weighted by Gasteiger charge is -2.34. The lowest BCUT2D eigenvalue weighted by molar-refractivity contribution is 0.0893. The topological polar surface area (TPSA) is 37.4 Å². The minimum atomic E-state index is 0.336. The number of thiazole rings is 1. The molecule has 118 valence electrons. The molecular formula is C16H27N3OS. The molecule has 0 bridgehead atoms. The molecule has 1 aromatic rings. The Balaban J connectivity index is 1.84. The monoisotopic (exact) mass is 309 g/mol. The average molecular weight is 309 g/mol. The first-order valence-corrected chi connectivity index (χ1v) is 8.78. The molecule has 3 rings (SSSR count). The fourth-order valence-corrected chi connectivity index (χ4v) is 4.82. The number of methoxy groups -OCH3 is 1. The second kappa shape index (κ2) is 5.86. The van der Waals surface area contributed by atoms with Crippen molar-refractivity contribution in [1.82, 2.24) is 10.3 Å². The zero-order valence-corrected chi connectivity index (χ0v) is 14.4. The van der Waals surface area contributed by atoms with Gasteiger partial charge in [0, 0.05) is 31.1 Å². The van der Waals surface area contributed by atoms with Gasteiger partial charge in [0.1, 0.15) is 0 Å². The zero-order chi connectivity index (χ0) is 15.0. The van der Waals surface area contributed by atoms with Gasteiger partial charge in [-0.3, -0.25) is 0 Å². The number of hydrogen-bond donors (Lipinski definition) is 1. The number of fused-ring (bicyclic) bond motifs is 1. The third-order valence-corrected chi connectivity index (χ3v) is 6.04. The van der Waals surface area contributed by atoms with Gasteiger partial charge in [-0.05, 0) is 38.1 Å². The van der Waals surface area contributed by atoms with Crippen LogP contribution in [-0.2, 0) is 11.2 Å². The molecule has 0 amide bonds. The lowest BCUT2D eigenvalue weighted by Crippen LogP contribution is -2.39. The first kappa shape index (κ1) is 15.3. The number of ether oxygens (including phenoxy) is 1. The summed E-state index contributed by atoms with van der Waals surface area (Å²) in [5.41, 5.74) is 1.65. The Morgan fingerprint density at radius 2 is 2.24 bits per heavy atom. The molecule has 4 nitrogen and oxygen atoms in total. The molecule has 1 aliphatic heterocycles. The van der Waals surface area contributed by atoms with E-state index < -0.39 is 0 Å². The van der Waals surface area contributed by atoms with Gasteiger partial charge in [0.15, 0.2) is 5.13 Å². The molecule has 2 atom stereocenters. The van der Waals surface area contributed by atoms with Crippen LogP contribution in [0, 0.1) is 5.41 Å². The van der Waals surface area contributed by atoms with Gasteiger partial charge in [-0.15, -0.1) is 0 Å². The third kappa shape index (κ3) is 3.10. The highest BCUT2D eigenvalue weighted by Crippen LogP contribution is 2.44. The molecule has 2 unspecified atom stereocenters. The average Bonchev–Trinajstić information content (AvgIpc) is 2.89. The van der Waals surface area contributed by atoms with E-state index >= 15 is 0 Å². The third-order valence-electron chi connectivity index (χ3n) is 4.77. The molecule has 1 aromatic heterocycles. The first-order chi connectivity index (χ1) is 10.0. The summed E-state index contributed by atoms with van der Waals surface area (Å²) in [5.74, 6) is 0. The van der Waals surface area contributed by atoms with Crippen LogP contribution >= 0.6 is 11.3 Å². The number of nitrogens with one attached hydrogen (secondary N) is 1. The van der Waals surface area contributed by atoms with Crippen molar-refractivity contribution in [3.8, 4) is 0 Å². The van der Waals surface area contributed by atoms with Crippen LogP contribution in [-0.4, -0.2) is 38.3 Å². The van der Waals surface area contributed by atoms with Crippen LogP contribution < -0.4 is 10.2 Å². The first-order valence-electron chi connectivity index (χ1n) is 7.97. The highest BCUT2D eigenvalue weighted by molar-refractivity contribution is 7.15. The molecule has 2 heterocycles. The van der Waals surface area contributed by atoms with Gasteiger partial charge in [-0.25, -0.2) is 4.98 Å². The van der Waals surface area contributed by atoms with Crippen molar-refractivity contribution < 1.29 is 4.74 Å². The predicted octanol–water partition coefficient (Wildman–Crippen LogP) is 2.99. The quantitative estimate of drug-likeness (QED) is 0.931. The summed E-state index contributed by atoms with van der Waals surface area (Å²) in [5, 5.41) is 4.67. The molecule has 1 aliphatic carbocycles. The summed E-state index contributed by atoms with van der Waals surface area (Å²) in [7, 11) is 3.89. The van der Waals surface area contributed by atoms with Crippen molar-refractivity contribution in [3.05, 3.63) is 10.6 Å². The highest BCUT2D eigenvalue weighted by atomic mass is 32.1. The van der Waals surface area contributed by atoms with Crippen LogP contribution in [0.3, 0.4) is 0 Å². The Bertz CT molecular complexity index is 500. The minimum absolute atomic E-state index is 0.336. The number of anilines is 1. The fourth-order valence-electron chi connectivity index (χ4n) is 3.59. The molecule has 0 saturated carbocycles. The van der Waals surface area contributed by atoms with Gasteiger partial charge in [-0.1, -0.05) is 25.2 Å². The van der Waals surface area contributed by atoms with E-state index in [-0.39, 0.29) is 0 Å². The van der Waals surface area contributed by atoms with Crippen LogP contribution in [0.1, 0.15) is 49.7 Å². The van der Waals surface area contributed by atoms with Crippen LogP contribution in [0.2, 0.25) is 0 Å². The van der Waals surface area contributed by atoms with Crippen LogP contribution in [0.5, 0.6) is 0 Å². The summed E-state index contributed by atoms with van der Waals surface area (Å²) >= 11 is 1.88. The molecule has 1 fully saturated rings. The van der Waals surface area contributed by atoms with Crippen molar-refractivity contribution in [2.45, 2.75) is 51.7 Å². The van der Waals surface area contributed by atoms with Crippen LogP contribution in [0.15, 0.2) is 0 Å². The maximum atomic E-state index is 5.54. The Morgan fingerprint density at radius 3 is 2.95 bits per heavy atom. The van der Waals surface area contributed by atoms with E-state index in [2.05, 4.69) is 31.1 Å². The van der Waals surface area contributed by atoms with E-state index in [9.17, 15) is 0 Å². The molecule has 2 aliphatic rings. The van der Waals surface area contributed by atoms with Crippen molar-refractivity contribution in [3.63, 3.8) is 0 Å². The predicted molar refractivity (Wildman–Crippen MR) is 88.3 cm³/mol. The molecule has 1 saturated heterocycles. The van der Waals surface area contributed by atoms with Crippen molar-refractivity contribution in [2.75, 3.05) is 32.1 Å². The van der Waals surface area contributed by atoms with Crippen molar-refractivity contribution in [1.29, 1.82) is 0 Å². The number of piperidine rings is 1. The summed E-state index contributed by atoms with van der Waals surface area (Å²) in [4.78, 5) is 8.85. The van der Waals surface area contributed by atoms with Gasteiger partial charge in [0.2, 0.25) is 0 Å². The van der Waals surface area contributed by atoms with Gasteiger partial charge in [0.25, 0.3) is 0 Å². The smallest absolute Gasteiger partial charge is 0.185 e. The molecule has 0 aromatic carbocycles. The van der Waals surface area contributed by atoms with E-state index in [1.165, 1.54) is 35.0 Å². The summed E-state index contributed by atoms with van der Waals surface area (Å²) in [6.45, 7) is 6.79. The number of aromatic nitrogens is 1. The van der Waals surface area contributed by atoms with E-state index in [1.54, 1.807) is 0 Å². The largest absolute Gasteiger partial charge is 0.380 e. The molecule has 1 N–H and O–H groups in total. The van der Waals surface area contributed by atoms with Gasteiger partial charge >= 0.3 is 0 Å². The van der Waals surface area contributed by atoms with Crippen molar-refractivity contribution in [2.24, 2.45) is 5.41 Å². The lowest BCUT2D eigenvalue weighted by atomic mass is 9.76. The standard InChI is InChI=1S/C16H27N3OS/c1-16(2)8-12(17-3)14-13(9-16)18-15(21-14)19-7-5-6-11(10-19)20-4/h11-12,17H,5-10H2,1-4H3. The van der Waals surface area contributed by atoms with Crippen molar-refractivity contribution >= 4 is 16.5 Å². The SMILES string of the molecule is CNC1CC(C)(C)Cc2nc(N3CCCC(OC)C3)sc21. The summed E-state index contributed by atoms with van der Waals surface area (Å²) in [6, 6.07) is 0.456. The van der Waals surface area contributed by atoms with Crippen LogP contribution in [0.4, 0.5) is 5.13 Å². The molecule has 21 heavy (non-hydrogen) atoms. The van der Waals surface area contributed by atoms with E-state index in [1.807, 2.05) is 18.4 Å². The van der Waals surface area contributed by atoms with E-state index in [0.717, 1.165) is 19.5 Å². The minimum Gasteiger partial charge on any atom is -0.380 e. The number of nitrogens with zero attached hydrogens (tertiary/aromatic N) is 2.